The first-order chi connectivity index (χ1) is 20.7. The number of carboxylic acids is 1. The fourth-order valence-corrected chi connectivity index (χ4v) is 6.20. The van der Waals surface area contributed by atoms with Crippen LogP contribution in [0.5, 0.6) is 11.6 Å². The molecule has 3 aromatic rings. The molecule has 4 rings (SSSR count). The first-order valence-corrected chi connectivity index (χ1v) is 14.7. The van der Waals surface area contributed by atoms with Crippen LogP contribution in [0, 0.1) is 0 Å². The number of carbonyl (C=O) groups is 1. The van der Waals surface area contributed by atoms with Gasteiger partial charge in [0.25, 0.3) is 22.3 Å². The number of halogens is 6. The summed E-state index contributed by atoms with van der Waals surface area (Å²) >= 11 is 6.04. The van der Waals surface area contributed by atoms with Crippen molar-refractivity contribution < 1.29 is 54.9 Å². The van der Waals surface area contributed by atoms with Crippen LogP contribution in [0.1, 0.15) is 29.5 Å². The lowest BCUT2D eigenvalue weighted by Gasteiger charge is -2.35. The molecule has 1 unspecified atom stereocenters. The average Bonchev–Trinajstić information content (AvgIpc) is 3.35. The van der Waals surface area contributed by atoms with Crippen molar-refractivity contribution in [2.24, 2.45) is 0 Å². The van der Waals surface area contributed by atoms with E-state index in [1.54, 1.807) is 0 Å². The highest BCUT2D eigenvalue weighted by molar-refractivity contribution is 7.93. The molecule has 17 heteroatoms. The largest absolute Gasteiger partial charge is 0.486 e. The third-order valence-corrected chi connectivity index (χ3v) is 8.41. The summed E-state index contributed by atoms with van der Waals surface area (Å²) < 4.78 is 107. The standard InChI is InChI=1S/C27H25ClF5N3O7S/c28-20-3-1-2-19(27(31,32)33)18(20)7-4-16-5-8-22-21(12-16)36(13-17(43-22)6-9-25(38)39)44(40,41)23-14-35(15-24(29)30)34-26(23)42-11-10-37/h1-5,7-8,12,14,17,24,37H,6,9-11,13,15H2,(H,38,39). The molecule has 0 aliphatic carbocycles. The number of aliphatic carboxylic acids is 1. The minimum absolute atomic E-state index is 0.0129. The Hall–Kier alpha value is -3.89. The molecule has 1 aliphatic rings. The Morgan fingerprint density at radius 2 is 1.98 bits per heavy atom. The van der Waals surface area contributed by atoms with Crippen LogP contribution >= 0.6 is 11.6 Å². The van der Waals surface area contributed by atoms with E-state index in [4.69, 9.17) is 31.3 Å². The average molecular weight is 666 g/mol. The summed E-state index contributed by atoms with van der Waals surface area (Å²) in [6, 6.07) is 7.43. The van der Waals surface area contributed by atoms with Gasteiger partial charge in [-0.1, -0.05) is 35.9 Å². The number of carboxylic acid groups (broad SMARTS) is 1. The summed E-state index contributed by atoms with van der Waals surface area (Å²) in [5, 5.41) is 21.9. The van der Waals surface area contributed by atoms with Crippen molar-refractivity contribution in [3.05, 3.63) is 64.3 Å². The molecule has 2 N–H and O–H groups in total. The van der Waals surface area contributed by atoms with Crippen LogP contribution < -0.4 is 13.8 Å². The van der Waals surface area contributed by atoms with Gasteiger partial charge >= 0.3 is 12.1 Å². The summed E-state index contributed by atoms with van der Waals surface area (Å²) in [4.78, 5) is 10.6. The van der Waals surface area contributed by atoms with Gasteiger partial charge in [0, 0.05) is 23.2 Å². The Kier molecular flexibility index (Phi) is 10.1. The highest BCUT2D eigenvalue weighted by atomic mass is 35.5. The topological polar surface area (TPSA) is 131 Å². The molecule has 0 spiro atoms. The van der Waals surface area contributed by atoms with Crippen molar-refractivity contribution in [2.75, 3.05) is 24.1 Å². The van der Waals surface area contributed by atoms with Gasteiger partial charge in [-0.2, -0.15) is 13.2 Å². The van der Waals surface area contributed by atoms with E-state index in [1.807, 2.05) is 0 Å². The minimum Gasteiger partial charge on any atom is -0.486 e. The number of ether oxygens (including phenoxy) is 2. The molecule has 0 saturated heterocycles. The summed E-state index contributed by atoms with van der Waals surface area (Å²) in [6.45, 7) is -2.29. The monoisotopic (exact) mass is 665 g/mol. The normalized spacial score (nSPS) is 15.5. The first kappa shape index (κ1) is 33.0. The number of aliphatic hydroxyl groups excluding tert-OH is 1. The van der Waals surface area contributed by atoms with E-state index in [-0.39, 0.29) is 40.4 Å². The van der Waals surface area contributed by atoms with Crippen molar-refractivity contribution in [2.45, 2.75) is 43.0 Å². The Balaban J connectivity index is 1.79. The third-order valence-electron chi connectivity index (χ3n) is 6.32. The van der Waals surface area contributed by atoms with Gasteiger partial charge in [0.15, 0.2) is 4.90 Å². The molecule has 0 amide bonds. The number of anilines is 1. The second kappa shape index (κ2) is 13.4. The number of benzene rings is 2. The lowest BCUT2D eigenvalue weighted by molar-refractivity contribution is -0.138. The first-order valence-electron chi connectivity index (χ1n) is 12.9. The number of hydrogen-bond donors (Lipinski definition) is 2. The molecule has 0 bridgehead atoms. The number of fused-ring (bicyclic) bond motifs is 1. The summed E-state index contributed by atoms with van der Waals surface area (Å²) in [5.74, 6) is -1.69. The van der Waals surface area contributed by atoms with E-state index >= 15 is 0 Å². The van der Waals surface area contributed by atoms with Gasteiger partial charge in [0.05, 0.1) is 24.4 Å². The predicted octanol–water partition coefficient (Wildman–Crippen LogP) is 5.18. The van der Waals surface area contributed by atoms with Gasteiger partial charge in [0.2, 0.25) is 0 Å². The predicted molar refractivity (Wildman–Crippen MR) is 148 cm³/mol. The third kappa shape index (κ3) is 7.60. The van der Waals surface area contributed by atoms with Crippen molar-refractivity contribution in [3.63, 3.8) is 0 Å². The van der Waals surface area contributed by atoms with Gasteiger partial charge in [0.1, 0.15) is 25.0 Å². The molecule has 0 saturated carbocycles. The molecule has 2 aromatic carbocycles. The van der Waals surface area contributed by atoms with E-state index in [0.717, 1.165) is 28.7 Å². The second-order valence-corrected chi connectivity index (χ2v) is 11.7. The smallest absolute Gasteiger partial charge is 0.417 e. The van der Waals surface area contributed by atoms with Crippen LogP contribution in [0.25, 0.3) is 12.2 Å². The quantitative estimate of drug-likeness (QED) is 0.200. The highest BCUT2D eigenvalue weighted by Gasteiger charge is 2.38. The number of hydrogen-bond acceptors (Lipinski definition) is 7. The van der Waals surface area contributed by atoms with E-state index in [0.29, 0.717) is 4.68 Å². The van der Waals surface area contributed by atoms with E-state index in [2.05, 4.69) is 5.10 Å². The van der Waals surface area contributed by atoms with E-state index < -0.39 is 77.3 Å². The van der Waals surface area contributed by atoms with Crippen LogP contribution in [0.15, 0.2) is 47.5 Å². The Morgan fingerprint density at radius 3 is 2.64 bits per heavy atom. The van der Waals surface area contributed by atoms with Crippen LogP contribution in [0.2, 0.25) is 5.02 Å². The van der Waals surface area contributed by atoms with Gasteiger partial charge in [-0.05, 0) is 36.2 Å². The zero-order chi connectivity index (χ0) is 32.2. The highest BCUT2D eigenvalue weighted by Crippen LogP contribution is 2.41. The summed E-state index contributed by atoms with van der Waals surface area (Å²) in [7, 11) is -4.66. The van der Waals surface area contributed by atoms with E-state index in [9.17, 15) is 35.2 Å². The SMILES string of the molecule is O=C(O)CCC1CN(S(=O)(=O)c2cn(CC(F)F)nc2OCCO)c2cc(C=Cc3c(Cl)cccc3C(F)(F)F)ccc2O1. The maximum absolute atomic E-state index is 14.0. The zero-order valence-electron chi connectivity index (χ0n) is 22.5. The Labute approximate surface area is 252 Å². The number of aliphatic hydroxyl groups is 1. The van der Waals surface area contributed by atoms with Crippen molar-refractivity contribution >= 4 is 45.4 Å². The number of sulfonamides is 1. The zero-order valence-corrected chi connectivity index (χ0v) is 24.1. The molecule has 0 radical (unpaired) electrons. The van der Waals surface area contributed by atoms with Crippen molar-refractivity contribution in [1.82, 2.24) is 9.78 Å². The van der Waals surface area contributed by atoms with Crippen LogP contribution in [-0.2, 0) is 27.5 Å². The minimum atomic E-state index is -4.70. The number of nitrogens with zero attached hydrogens (tertiary/aromatic N) is 3. The van der Waals surface area contributed by atoms with Crippen LogP contribution in [0.4, 0.5) is 27.6 Å². The Morgan fingerprint density at radius 1 is 1.23 bits per heavy atom. The molecule has 10 nitrogen and oxygen atoms in total. The maximum Gasteiger partial charge on any atom is 0.417 e. The molecule has 0 fully saturated rings. The summed E-state index contributed by atoms with van der Waals surface area (Å²) in [6.07, 6.45) is -5.71. The van der Waals surface area contributed by atoms with Crippen molar-refractivity contribution in [1.29, 1.82) is 0 Å². The molecular weight excluding hydrogens is 641 g/mol. The van der Waals surface area contributed by atoms with Gasteiger partial charge < -0.3 is 19.7 Å². The van der Waals surface area contributed by atoms with Gasteiger partial charge in [-0.3, -0.25) is 13.8 Å². The molecular formula is C27H25ClF5N3O7S. The fraction of sp³-hybridized carbons (Fsp3) is 0.333. The molecule has 1 atom stereocenters. The van der Waals surface area contributed by atoms with Gasteiger partial charge in [-0.15, -0.1) is 5.10 Å². The molecule has 1 aliphatic heterocycles. The molecule has 44 heavy (non-hydrogen) atoms. The number of rotatable bonds is 12. The molecule has 1 aromatic heterocycles. The second-order valence-electron chi connectivity index (χ2n) is 9.45. The number of aromatic nitrogens is 2. The Bertz CT molecular complexity index is 1650. The summed E-state index contributed by atoms with van der Waals surface area (Å²) in [5.41, 5.74) is -1.12. The van der Waals surface area contributed by atoms with Gasteiger partial charge in [-0.25, -0.2) is 17.2 Å². The van der Waals surface area contributed by atoms with E-state index in [1.165, 1.54) is 30.3 Å². The fourth-order valence-electron chi connectivity index (χ4n) is 4.39. The maximum atomic E-state index is 14.0. The number of alkyl halides is 5. The lowest BCUT2D eigenvalue weighted by atomic mass is 10.0. The van der Waals surface area contributed by atoms with Crippen LogP contribution in [-0.4, -0.2) is 66.7 Å². The lowest BCUT2D eigenvalue weighted by Crippen LogP contribution is -2.43. The van der Waals surface area contributed by atoms with Crippen LogP contribution in [0.3, 0.4) is 0 Å². The molecule has 2 heterocycles. The molecule has 238 valence electrons. The van der Waals surface area contributed by atoms with Crippen molar-refractivity contribution in [3.8, 4) is 11.6 Å².